The van der Waals surface area contributed by atoms with Gasteiger partial charge in [0.1, 0.15) is 5.76 Å². The molecule has 0 aromatic rings. The van der Waals surface area contributed by atoms with E-state index in [0.717, 1.165) is 25.2 Å². The number of rotatable bonds is 7. The first-order chi connectivity index (χ1) is 7.19. The van der Waals surface area contributed by atoms with E-state index < -0.39 is 0 Å². The number of ether oxygens (including phenoxy) is 2. The molecule has 1 atom stereocenters. The highest BCUT2D eigenvalue weighted by molar-refractivity contribution is 5.26. The van der Waals surface area contributed by atoms with Crippen molar-refractivity contribution in [3.05, 3.63) is 23.5 Å². The van der Waals surface area contributed by atoms with Crippen molar-refractivity contribution in [1.82, 2.24) is 0 Å². The molecule has 0 aliphatic rings. The zero-order valence-electron chi connectivity index (χ0n) is 10.7. The van der Waals surface area contributed by atoms with Crippen LogP contribution in [-0.4, -0.2) is 19.8 Å². The molecule has 0 aliphatic heterocycles. The summed E-state index contributed by atoms with van der Waals surface area (Å²) in [6.45, 7) is 9.06. The van der Waals surface area contributed by atoms with Crippen molar-refractivity contribution >= 4 is 0 Å². The summed E-state index contributed by atoms with van der Waals surface area (Å²) < 4.78 is 10.9. The molecular weight excluding hydrogens is 188 g/mol. The van der Waals surface area contributed by atoms with E-state index in [-0.39, 0.29) is 6.10 Å². The van der Waals surface area contributed by atoms with Gasteiger partial charge in [-0.05, 0) is 44.4 Å². The molecule has 0 aliphatic carbocycles. The van der Waals surface area contributed by atoms with Crippen molar-refractivity contribution < 1.29 is 9.47 Å². The maximum Gasteiger partial charge on any atom is 0.117 e. The van der Waals surface area contributed by atoms with Gasteiger partial charge in [-0.2, -0.15) is 0 Å². The SMILES string of the molecule is C/C=C(OCCC)\C(=C/C(C)OC)CC. The molecule has 1 unspecified atom stereocenters. The van der Waals surface area contributed by atoms with Gasteiger partial charge in [-0.1, -0.05) is 13.8 Å². The first kappa shape index (κ1) is 14.2. The third-order valence-electron chi connectivity index (χ3n) is 2.23. The fourth-order valence-electron chi connectivity index (χ4n) is 1.30. The molecule has 0 bridgehead atoms. The van der Waals surface area contributed by atoms with Gasteiger partial charge in [-0.25, -0.2) is 0 Å². The quantitative estimate of drug-likeness (QED) is 0.473. The van der Waals surface area contributed by atoms with Crippen LogP contribution in [0.15, 0.2) is 23.5 Å². The summed E-state index contributed by atoms with van der Waals surface area (Å²) in [6.07, 6.45) is 6.28. The molecule has 0 saturated heterocycles. The van der Waals surface area contributed by atoms with Gasteiger partial charge in [0.15, 0.2) is 0 Å². The van der Waals surface area contributed by atoms with Gasteiger partial charge in [0.25, 0.3) is 0 Å². The first-order valence-corrected chi connectivity index (χ1v) is 5.72. The molecule has 15 heavy (non-hydrogen) atoms. The second kappa shape index (κ2) is 8.54. The lowest BCUT2D eigenvalue weighted by Gasteiger charge is -2.13. The smallest absolute Gasteiger partial charge is 0.117 e. The summed E-state index contributed by atoms with van der Waals surface area (Å²) in [4.78, 5) is 0. The molecule has 0 rings (SSSR count). The van der Waals surface area contributed by atoms with Crippen LogP contribution in [0.2, 0.25) is 0 Å². The Bertz CT molecular complexity index is 217. The van der Waals surface area contributed by atoms with Crippen LogP contribution < -0.4 is 0 Å². The van der Waals surface area contributed by atoms with E-state index in [0.29, 0.717) is 0 Å². The molecular formula is C13H24O2. The largest absolute Gasteiger partial charge is 0.494 e. The van der Waals surface area contributed by atoms with E-state index in [1.54, 1.807) is 7.11 Å². The van der Waals surface area contributed by atoms with Crippen molar-refractivity contribution in [2.75, 3.05) is 13.7 Å². The van der Waals surface area contributed by atoms with Crippen molar-refractivity contribution in [3.63, 3.8) is 0 Å². The number of allylic oxidation sites excluding steroid dienone is 2. The maximum atomic E-state index is 5.68. The summed E-state index contributed by atoms with van der Waals surface area (Å²) in [6, 6.07) is 0. The van der Waals surface area contributed by atoms with Crippen molar-refractivity contribution in [1.29, 1.82) is 0 Å². The fourth-order valence-corrected chi connectivity index (χ4v) is 1.30. The molecule has 88 valence electrons. The van der Waals surface area contributed by atoms with Crippen LogP contribution in [0.3, 0.4) is 0 Å². The summed E-state index contributed by atoms with van der Waals surface area (Å²) in [7, 11) is 1.72. The molecule has 0 saturated carbocycles. The average molecular weight is 212 g/mol. The van der Waals surface area contributed by atoms with E-state index in [9.17, 15) is 0 Å². The second-order valence-electron chi connectivity index (χ2n) is 3.49. The van der Waals surface area contributed by atoms with Crippen LogP contribution in [-0.2, 0) is 9.47 Å². The molecule has 0 amide bonds. The monoisotopic (exact) mass is 212 g/mol. The molecule has 0 spiro atoms. The zero-order valence-corrected chi connectivity index (χ0v) is 10.7. The van der Waals surface area contributed by atoms with Crippen molar-refractivity contribution in [2.45, 2.75) is 46.6 Å². The first-order valence-electron chi connectivity index (χ1n) is 5.72. The van der Waals surface area contributed by atoms with E-state index in [1.807, 2.05) is 19.9 Å². The van der Waals surface area contributed by atoms with E-state index in [2.05, 4.69) is 19.9 Å². The highest BCUT2D eigenvalue weighted by Gasteiger charge is 2.05. The van der Waals surface area contributed by atoms with E-state index in [4.69, 9.17) is 9.47 Å². The van der Waals surface area contributed by atoms with Gasteiger partial charge in [0, 0.05) is 7.11 Å². The van der Waals surface area contributed by atoms with Gasteiger partial charge < -0.3 is 9.47 Å². The second-order valence-corrected chi connectivity index (χ2v) is 3.49. The Hall–Kier alpha value is -0.760. The van der Waals surface area contributed by atoms with Crippen LogP contribution in [0.4, 0.5) is 0 Å². The minimum atomic E-state index is 0.139. The van der Waals surface area contributed by atoms with Gasteiger partial charge in [0.05, 0.1) is 12.7 Å². The minimum absolute atomic E-state index is 0.139. The lowest BCUT2D eigenvalue weighted by molar-refractivity contribution is 0.154. The van der Waals surface area contributed by atoms with Crippen molar-refractivity contribution in [3.8, 4) is 0 Å². The average Bonchev–Trinajstić information content (AvgIpc) is 2.27. The van der Waals surface area contributed by atoms with Crippen LogP contribution in [0.25, 0.3) is 0 Å². The van der Waals surface area contributed by atoms with Gasteiger partial charge in [-0.3, -0.25) is 0 Å². The maximum absolute atomic E-state index is 5.68. The molecule has 0 aromatic heterocycles. The minimum Gasteiger partial charge on any atom is -0.494 e. The van der Waals surface area contributed by atoms with Crippen molar-refractivity contribution in [2.24, 2.45) is 0 Å². The normalized spacial score (nSPS) is 15.3. The Kier molecular flexibility index (Phi) is 8.11. The summed E-state index contributed by atoms with van der Waals surface area (Å²) in [5, 5.41) is 0. The standard InChI is InChI=1S/C13H24O2/c1-6-9-15-13(8-3)12(7-2)10-11(4)14-5/h8,10-11H,6-7,9H2,1-5H3/b12-10-,13-8+. The molecule has 0 fully saturated rings. The number of hydrogen-bond acceptors (Lipinski definition) is 2. The highest BCUT2D eigenvalue weighted by atomic mass is 16.5. The lowest BCUT2D eigenvalue weighted by atomic mass is 10.1. The predicted molar refractivity (Wildman–Crippen MR) is 64.8 cm³/mol. The molecule has 2 heteroatoms. The fraction of sp³-hybridized carbons (Fsp3) is 0.692. The number of methoxy groups -OCH3 is 1. The number of hydrogen-bond donors (Lipinski definition) is 0. The van der Waals surface area contributed by atoms with Gasteiger partial charge >= 0.3 is 0 Å². The van der Waals surface area contributed by atoms with Crippen LogP contribution in [0.5, 0.6) is 0 Å². The van der Waals surface area contributed by atoms with E-state index in [1.165, 1.54) is 5.57 Å². The third kappa shape index (κ3) is 5.63. The third-order valence-corrected chi connectivity index (χ3v) is 2.23. The Morgan fingerprint density at radius 1 is 1.33 bits per heavy atom. The van der Waals surface area contributed by atoms with Gasteiger partial charge in [-0.15, -0.1) is 0 Å². The van der Waals surface area contributed by atoms with Crippen LogP contribution in [0.1, 0.15) is 40.5 Å². The molecule has 0 aromatic carbocycles. The Morgan fingerprint density at radius 2 is 2.00 bits per heavy atom. The molecule has 0 N–H and O–H groups in total. The Labute approximate surface area is 94.0 Å². The summed E-state index contributed by atoms with van der Waals surface area (Å²) in [5.74, 6) is 0.989. The molecule has 0 radical (unpaired) electrons. The lowest BCUT2D eigenvalue weighted by Crippen LogP contribution is -2.04. The molecule has 2 nitrogen and oxygen atoms in total. The highest BCUT2D eigenvalue weighted by Crippen LogP contribution is 2.17. The zero-order chi connectivity index (χ0) is 11.7. The van der Waals surface area contributed by atoms with Crippen LogP contribution in [0, 0.1) is 0 Å². The molecule has 0 heterocycles. The van der Waals surface area contributed by atoms with E-state index >= 15 is 0 Å². The Morgan fingerprint density at radius 3 is 2.40 bits per heavy atom. The summed E-state index contributed by atoms with van der Waals surface area (Å²) >= 11 is 0. The van der Waals surface area contributed by atoms with Gasteiger partial charge in [0.2, 0.25) is 0 Å². The summed E-state index contributed by atoms with van der Waals surface area (Å²) in [5.41, 5.74) is 1.22. The topological polar surface area (TPSA) is 18.5 Å². The van der Waals surface area contributed by atoms with Crippen LogP contribution >= 0.6 is 0 Å². The Balaban J connectivity index is 4.54. The predicted octanol–water partition coefficient (Wildman–Crippen LogP) is 3.69.